The maximum absolute atomic E-state index is 3.33. The van der Waals surface area contributed by atoms with Crippen molar-refractivity contribution in [3.63, 3.8) is 0 Å². The van der Waals surface area contributed by atoms with Crippen LogP contribution in [0.15, 0.2) is 0 Å². The summed E-state index contributed by atoms with van der Waals surface area (Å²) < 4.78 is 0. The van der Waals surface area contributed by atoms with Crippen LogP contribution in [0.2, 0.25) is 0 Å². The Labute approximate surface area is 101 Å². The molecule has 1 unspecified atom stereocenters. The van der Waals surface area contributed by atoms with Crippen molar-refractivity contribution in [1.82, 2.24) is 10.2 Å². The van der Waals surface area contributed by atoms with E-state index in [1.54, 1.807) is 0 Å². The molecule has 0 aromatic heterocycles. The lowest BCUT2D eigenvalue weighted by atomic mass is 9.72. The molecule has 0 amide bonds. The first-order valence-corrected chi connectivity index (χ1v) is 7.09. The summed E-state index contributed by atoms with van der Waals surface area (Å²) in [6.07, 6.45) is 5.76. The Bertz CT molecular complexity index is 207. The molecule has 2 fully saturated rings. The molecule has 2 aliphatic rings. The lowest BCUT2D eigenvalue weighted by molar-refractivity contribution is 0.0264. The minimum atomic E-state index is 0.897. The predicted molar refractivity (Wildman–Crippen MR) is 69.6 cm³/mol. The molecular weight excluding hydrogens is 196 g/mol. The van der Waals surface area contributed by atoms with Crippen LogP contribution in [0, 0.1) is 17.8 Å². The van der Waals surface area contributed by atoms with Crippen molar-refractivity contribution >= 4 is 0 Å². The summed E-state index contributed by atoms with van der Waals surface area (Å²) in [5.41, 5.74) is 0. The largest absolute Gasteiger partial charge is 0.319 e. The molecule has 1 atom stereocenters. The molecule has 0 spiro atoms. The number of nitrogens with zero attached hydrogens (tertiary/aromatic N) is 1. The third-order valence-electron chi connectivity index (χ3n) is 4.65. The highest BCUT2D eigenvalue weighted by molar-refractivity contribution is 4.90. The maximum Gasteiger partial charge on any atom is 0.0101 e. The third-order valence-corrected chi connectivity index (χ3v) is 4.65. The molecule has 1 saturated carbocycles. The lowest BCUT2D eigenvalue weighted by Gasteiger charge is -2.47. The van der Waals surface area contributed by atoms with Gasteiger partial charge in [-0.1, -0.05) is 13.8 Å². The average Bonchev–Trinajstić information content (AvgIpc) is 2.15. The second kappa shape index (κ2) is 5.50. The molecule has 0 aromatic rings. The van der Waals surface area contributed by atoms with Crippen molar-refractivity contribution in [1.29, 1.82) is 0 Å². The van der Waals surface area contributed by atoms with Crippen LogP contribution in [-0.4, -0.2) is 37.6 Å². The van der Waals surface area contributed by atoms with E-state index in [0.717, 1.165) is 23.8 Å². The van der Waals surface area contributed by atoms with Gasteiger partial charge in [-0.05, 0) is 63.6 Å². The zero-order chi connectivity index (χ0) is 11.5. The topological polar surface area (TPSA) is 15.3 Å². The molecule has 1 saturated heterocycles. The predicted octanol–water partition coefficient (Wildman–Crippen LogP) is 2.35. The summed E-state index contributed by atoms with van der Waals surface area (Å²) in [4.78, 5) is 2.77. The summed E-state index contributed by atoms with van der Waals surface area (Å²) in [6, 6.07) is 0.923. The number of hydrogen-bond donors (Lipinski definition) is 1. The Morgan fingerprint density at radius 1 is 1.31 bits per heavy atom. The highest BCUT2D eigenvalue weighted by Crippen LogP contribution is 2.38. The van der Waals surface area contributed by atoms with Crippen LogP contribution >= 0.6 is 0 Å². The van der Waals surface area contributed by atoms with Crippen LogP contribution in [-0.2, 0) is 0 Å². The molecule has 16 heavy (non-hydrogen) atoms. The molecule has 2 rings (SSSR count). The molecule has 0 aromatic carbocycles. The molecule has 1 aliphatic heterocycles. The molecular formula is C14H28N2. The standard InChI is InChI=1S/C14H28N2/c1-11(2)13-7-14(8-13)16-6-4-5-12(10-16)9-15-3/h11-15H,4-10H2,1-3H3. The number of nitrogens with one attached hydrogen (secondary N) is 1. The van der Waals surface area contributed by atoms with E-state index < -0.39 is 0 Å². The van der Waals surface area contributed by atoms with Gasteiger partial charge in [0.15, 0.2) is 0 Å². The van der Waals surface area contributed by atoms with Crippen molar-refractivity contribution in [2.75, 3.05) is 26.7 Å². The van der Waals surface area contributed by atoms with Gasteiger partial charge in [0.25, 0.3) is 0 Å². The van der Waals surface area contributed by atoms with E-state index in [1.807, 2.05) is 0 Å². The fourth-order valence-corrected chi connectivity index (χ4v) is 3.36. The Morgan fingerprint density at radius 2 is 2.06 bits per heavy atom. The van der Waals surface area contributed by atoms with E-state index in [4.69, 9.17) is 0 Å². The molecule has 94 valence electrons. The van der Waals surface area contributed by atoms with Gasteiger partial charge in [0.2, 0.25) is 0 Å². The molecule has 2 nitrogen and oxygen atoms in total. The van der Waals surface area contributed by atoms with Crippen molar-refractivity contribution in [3.05, 3.63) is 0 Å². The molecule has 0 radical (unpaired) electrons. The second-order valence-corrected chi connectivity index (χ2v) is 6.19. The number of likely N-dealkylation sites (tertiary alicyclic amines) is 1. The smallest absolute Gasteiger partial charge is 0.0101 e. The highest BCUT2D eigenvalue weighted by Gasteiger charge is 2.36. The van der Waals surface area contributed by atoms with Gasteiger partial charge < -0.3 is 10.2 Å². The maximum atomic E-state index is 3.33. The summed E-state index contributed by atoms with van der Waals surface area (Å²) in [5.74, 6) is 2.81. The van der Waals surface area contributed by atoms with E-state index in [-0.39, 0.29) is 0 Å². The summed E-state index contributed by atoms with van der Waals surface area (Å²) in [6.45, 7) is 8.66. The fraction of sp³-hybridized carbons (Fsp3) is 1.00. The van der Waals surface area contributed by atoms with Gasteiger partial charge in [0.1, 0.15) is 0 Å². The summed E-state index contributed by atoms with van der Waals surface area (Å²) in [7, 11) is 2.08. The van der Waals surface area contributed by atoms with E-state index in [2.05, 4.69) is 31.1 Å². The lowest BCUT2D eigenvalue weighted by Crippen LogP contribution is -2.51. The van der Waals surface area contributed by atoms with Crippen LogP contribution in [0.4, 0.5) is 0 Å². The molecule has 2 heteroatoms. The normalized spacial score (nSPS) is 36.4. The van der Waals surface area contributed by atoms with Gasteiger partial charge in [-0.25, -0.2) is 0 Å². The first-order chi connectivity index (χ1) is 7.70. The average molecular weight is 224 g/mol. The van der Waals surface area contributed by atoms with Gasteiger partial charge in [0.05, 0.1) is 0 Å². The third kappa shape index (κ3) is 2.78. The monoisotopic (exact) mass is 224 g/mol. The molecule has 1 N–H and O–H groups in total. The minimum Gasteiger partial charge on any atom is -0.319 e. The summed E-state index contributed by atoms with van der Waals surface area (Å²) in [5, 5.41) is 3.33. The zero-order valence-corrected chi connectivity index (χ0v) is 11.2. The Balaban J connectivity index is 1.74. The number of rotatable bonds is 4. The first-order valence-electron chi connectivity index (χ1n) is 7.09. The highest BCUT2D eigenvalue weighted by atomic mass is 15.2. The van der Waals surface area contributed by atoms with Crippen LogP contribution in [0.3, 0.4) is 0 Å². The van der Waals surface area contributed by atoms with Gasteiger partial charge in [-0.15, -0.1) is 0 Å². The van der Waals surface area contributed by atoms with Gasteiger partial charge >= 0.3 is 0 Å². The van der Waals surface area contributed by atoms with Crippen molar-refractivity contribution in [3.8, 4) is 0 Å². The van der Waals surface area contributed by atoms with E-state index in [9.17, 15) is 0 Å². The molecule has 1 aliphatic carbocycles. The van der Waals surface area contributed by atoms with E-state index >= 15 is 0 Å². The molecule has 1 heterocycles. The van der Waals surface area contributed by atoms with Crippen LogP contribution in [0.25, 0.3) is 0 Å². The Kier molecular flexibility index (Phi) is 4.26. The quantitative estimate of drug-likeness (QED) is 0.788. The van der Waals surface area contributed by atoms with Crippen LogP contribution in [0.5, 0.6) is 0 Å². The molecule has 0 bridgehead atoms. The van der Waals surface area contributed by atoms with E-state index in [0.29, 0.717) is 0 Å². The number of hydrogen-bond acceptors (Lipinski definition) is 2. The van der Waals surface area contributed by atoms with Crippen LogP contribution in [0.1, 0.15) is 39.5 Å². The summed E-state index contributed by atoms with van der Waals surface area (Å²) >= 11 is 0. The second-order valence-electron chi connectivity index (χ2n) is 6.19. The van der Waals surface area contributed by atoms with Crippen molar-refractivity contribution < 1.29 is 0 Å². The van der Waals surface area contributed by atoms with E-state index in [1.165, 1.54) is 45.3 Å². The fourth-order valence-electron chi connectivity index (χ4n) is 3.36. The van der Waals surface area contributed by atoms with Crippen molar-refractivity contribution in [2.45, 2.75) is 45.6 Å². The van der Waals surface area contributed by atoms with Crippen molar-refractivity contribution in [2.24, 2.45) is 17.8 Å². The minimum absolute atomic E-state index is 0.897. The first kappa shape index (κ1) is 12.4. The van der Waals surface area contributed by atoms with Gasteiger partial charge in [-0.3, -0.25) is 0 Å². The van der Waals surface area contributed by atoms with Gasteiger partial charge in [0, 0.05) is 12.6 Å². The zero-order valence-electron chi connectivity index (χ0n) is 11.2. The Hall–Kier alpha value is -0.0800. The Morgan fingerprint density at radius 3 is 2.69 bits per heavy atom. The van der Waals surface area contributed by atoms with Crippen LogP contribution < -0.4 is 5.32 Å². The number of piperidine rings is 1. The SMILES string of the molecule is CNCC1CCCN(C2CC(C(C)C)C2)C1. The van der Waals surface area contributed by atoms with Gasteiger partial charge in [-0.2, -0.15) is 0 Å².